The van der Waals surface area contributed by atoms with Crippen LogP contribution < -0.4 is 5.32 Å². The van der Waals surface area contributed by atoms with E-state index in [1.165, 1.54) is 17.8 Å². The average molecular weight is 320 g/mol. The van der Waals surface area contributed by atoms with E-state index in [4.69, 9.17) is 0 Å². The van der Waals surface area contributed by atoms with Gasteiger partial charge in [-0.05, 0) is 29.8 Å². The zero-order valence-corrected chi connectivity index (χ0v) is 12.7. The Balaban J connectivity index is 1.69. The summed E-state index contributed by atoms with van der Waals surface area (Å²) in [7, 11) is 0. The molecule has 22 heavy (non-hydrogen) atoms. The largest absolute Gasteiger partial charge is 0.387 e. The molecular formula is C16H17FN2O2S. The van der Waals surface area contributed by atoms with Crippen molar-refractivity contribution in [3.63, 3.8) is 0 Å². The van der Waals surface area contributed by atoms with Gasteiger partial charge in [0.05, 0.1) is 6.10 Å². The van der Waals surface area contributed by atoms with Gasteiger partial charge >= 0.3 is 0 Å². The van der Waals surface area contributed by atoms with Gasteiger partial charge in [-0.25, -0.2) is 4.39 Å². The van der Waals surface area contributed by atoms with E-state index in [-0.39, 0.29) is 24.7 Å². The van der Waals surface area contributed by atoms with Crippen LogP contribution in [-0.2, 0) is 4.79 Å². The first-order valence-corrected chi connectivity index (χ1v) is 7.87. The van der Waals surface area contributed by atoms with E-state index < -0.39 is 6.10 Å². The van der Waals surface area contributed by atoms with Crippen LogP contribution in [0.1, 0.15) is 18.1 Å². The van der Waals surface area contributed by atoms with Gasteiger partial charge in [0.15, 0.2) is 0 Å². The zero-order valence-electron chi connectivity index (χ0n) is 11.9. The SMILES string of the molecule is O=C(CCSc1ccccc1F)NCC(O)c1ccncc1. The molecule has 116 valence electrons. The third kappa shape index (κ3) is 5.13. The molecule has 1 aromatic heterocycles. The predicted octanol–water partition coefficient (Wildman–Crippen LogP) is 2.55. The molecule has 1 unspecified atom stereocenters. The Bertz CT molecular complexity index is 610. The van der Waals surface area contributed by atoms with Crippen molar-refractivity contribution in [3.05, 3.63) is 60.2 Å². The smallest absolute Gasteiger partial charge is 0.220 e. The Morgan fingerprint density at radius 2 is 2.00 bits per heavy atom. The van der Waals surface area contributed by atoms with Crippen LogP contribution in [0.5, 0.6) is 0 Å². The Morgan fingerprint density at radius 3 is 2.73 bits per heavy atom. The van der Waals surface area contributed by atoms with Gasteiger partial charge in [0.25, 0.3) is 0 Å². The fraction of sp³-hybridized carbons (Fsp3) is 0.250. The molecule has 2 rings (SSSR count). The van der Waals surface area contributed by atoms with Crippen molar-refractivity contribution >= 4 is 17.7 Å². The van der Waals surface area contributed by atoms with E-state index in [0.717, 1.165) is 0 Å². The summed E-state index contributed by atoms with van der Waals surface area (Å²) in [5.41, 5.74) is 0.705. The highest BCUT2D eigenvalue weighted by Crippen LogP contribution is 2.21. The van der Waals surface area contributed by atoms with Crippen LogP contribution in [0.15, 0.2) is 53.7 Å². The molecule has 1 atom stereocenters. The number of amides is 1. The summed E-state index contributed by atoms with van der Waals surface area (Å²) >= 11 is 1.30. The number of benzene rings is 1. The second-order valence-electron chi connectivity index (χ2n) is 4.63. The fourth-order valence-corrected chi connectivity index (χ4v) is 2.71. The number of hydrogen-bond acceptors (Lipinski definition) is 4. The second-order valence-corrected chi connectivity index (χ2v) is 5.77. The van der Waals surface area contributed by atoms with Gasteiger partial charge in [-0.2, -0.15) is 0 Å². The number of aliphatic hydroxyl groups is 1. The number of pyridine rings is 1. The lowest BCUT2D eigenvalue weighted by atomic mass is 10.1. The first-order valence-electron chi connectivity index (χ1n) is 6.89. The Kier molecular flexibility index (Phi) is 6.36. The first-order chi connectivity index (χ1) is 10.7. The van der Waals surface area contributed by atoms with E-state index >= 15 is 0 Å². The summed E-state index contributed by atoms with van der Waals surface area (Å²) in [4.78, 5) is 16.1. The van der Waals surface area contributed by atoms with Crippen molar-refractivity contribution in [2.75, 3.05) is 12.3 Å². The molecule has 0 radical (unpaired) electrons. The number of rotatable bonds is 7. The standard InChI is InChI=1S/C16H17FN2O2S/c17-13-3-1-2-4-15(13)22-10-7-16(21)19-11-14(20)12-5-8-18-9-6-12/h1-6,8-9,14,20H,7,10-11H2,(H,19,21). The molecule has 0 aliphatic heterocycles. The van der Waals surface area contributed by atoms with Crippen LogP contribution in [0.3, 0.4) is 0 Å². The third-order valence-corrected chi connectivity index (χ3v) is 4.06. The summed E-state index contributed by atoms with van der Waals surface area (Å²) in [6.07, 6.45) is 2.69. The highest BCUT2D eigenvalue weighted by Gasteiger charge is 2.09. The summed E-state index contributed by atoms with van der Waals surface area (Å²) in [5, 5.41) is 12.6. The van der Waals surface area contributed by atoms with Crippen LogP contribution in [0, 0.1) is 5.82 Å². The normalized spacial score (nSPS) is 11.9. The monoisotopic (exact) mass is 320 g/mol. The quantitative estimate of drug-likeness (QED) is 0.770. The molecule has 0 fully saturated rings. The maximum atomic E-state index is 13.4. The minimum Gasteiger partial charge on any atom is -0.387 e. The molecule has 1 aromatic carbocycles. The summed E-state index contributed by atoms with van der Waals surface area (Å²) < 4.78 is 13.4. The van der Waals surface area contributed by atoms with Crippen LogP contribution in [0.2, 0.25) is 0 Å². The maximum Gasteiger partial charge on any atom is 0.220 e. The highest BCUT2D eigenvalue weighted by molar-refractivity contribution is 7.99. The predicted molar refractivity (Wildman–Crippen MR) is 83.9 cm³/mol. The summed E-state index contributed by atoms with van der Waals surface area (Å²) in [6.45, 7) is 0.146. The van der Waals surface area contributed by atoms with Gasteiger partial charge in [0.1, 0.15) is 5.82 Å². The lowest BCUT2D eigenvalue weighted by molar-refractivity contribution is -0.121. The van der Waals surface area contributed by atoms with Crippen molar-refractivity contribution < 1.29 is 14.3 Å². The Hall–Kier alpha value is -1.92. The number of aromatic nitrogens is 1. The topological polar surface area (TPSA) is 62.2 Å². The van der Waals surface area contributed by atoms with Gasteiger partial charge in [0.2, 0.25) is 5.91 Å². The number of hydrogen-bond donors (Lipinski definition) is 2. The molecule has 6 heteroatoms. The van der Waals surface area contributed by atoms with Crippen molar-refractivity contribution in [2.45, 2.75) is 17.4 Å². The van der Waals surface area contributed by atoms with Crippen molar-refractivity contribution in [2.24, 2.45) is 0 Å². The van der Waals surface area contributed by atoms with E-state index in [1.54, 1.807) is 42.7 Å². The lowest BCUT2D eigenvalue weighted by Gasteiger charge is -2.12. The number of carbonyl (C=O) groups excluding carboxylic acids is 1. The number of nitrogens with zero attached hydrogens (tertiary/aromatic N) is 1. The van der Waals surface area contributed by atoms with Crippen molar-refractivity contribution in [1.29, 1.82) is 0 Å². The number of carbonyl (C=O) groups is 1. The third-order valence-electron chi connectivity index (χ3n) is 3.01. The molecule has 0 saturated carbocycles. The maximum absolute atomic E-state index is 13.4. The molecule has 0 aliphatic carbocycles. The van der Waals surface area contributed by atoms with Crippen molar-refractivity contribution in [3.8, 4) is 0 Å². The molecule has 2 aromatic rings. The van der Waals surface area contributed by atoms with Gasteiger partial charge in [-0.15, -0.1) is 11.8 Å². The van der Waals surface area contributed by atoms with E-state index in [0.29, 0.717) is 16.2 Å². The Morgan fingerprint density at radius 1 is 1.27 bits per heavy atom. The molecule has 1 amide bonds. The van der Waals surface area contributed by atoms with Gasteiger partial charge < -0.3 is 10.4 Å². The molecule has 0 aliphatic rings. The van der Waals surface area contributed by atoms with E-state index in [9.17, 15) is 14.3 Å². The number of halogens is 1. The summed E-state index contributed by atoms with van der Waals surface area (Å²) in [6, 6.07) is 9.87. The number of nitrogens with one attached hydrogen (secondary N) is 1. The van der Waals surface area contributed by atoms with Crippen LogP contribution in [0.25, 0.3) is 0 Å². The zero-order chi connectivity index (χ0) is 15.8. The molecule has 0 spiro atoms. The van der Waals surface area contributed by atoms with E-state index in [2.05, 4.69) is 10.3 Å². The summed E-state index contributed by atoms with van der Waals surface area (Å²) in [5.74, 6) is 0.0379. The number of aliphatic hydroxyl groups excluding tert-OH is 1. The molecule has 0 saturated heterocycles. The molecular weight excluding hydrogens is 303 g/mol. The Labute approximate surface area is 132 Å². The molecule has 1 heterocycles. The molecule has 4 nitrogen and oxygen atoms in total. The van der Waals surface area contributed by atoms with Gasteiger partial charge in [-0.1, -0.05) is 12.1 Å². The van der Waals surface area contributed by atoms with Crippen LogP contribution in [-0.4, -0.2) is 28.3 Å². The average Bonchev–Trinajstić information content (AvgIpc) is 2.55. The van der Waals surface area contributed by atoms with Crippen LogP contribution in [0.4, 0.5) is 4.39 Å². The minimum absolute atomic E-state index is 0.146. The highest BCUT2D eigenvalue weighted by atomic mass is 32.2. The second kappa shape index (κ2) is 8.51. The van der Waals surface area contributed by atoms with Crippen LogP contribution >= 0.6 is 11.8 Å². The van der Waals surface area contributed by atoms with E-state index in [1.807, 2.05) is 0 Å². The molecule has 0 bridgehead atoms. The number of thioether (sulfide) groups is 1. The first kappa shape index (κ1) is 16.5. The lowest BCUT2D eigenvalue weighted by Crippen LogP contribution is -2.28. The van der Waals surface area contributed by atoms with Crippen molar-refractivity contribution in [1.82, 2.24) is 10.3 Å². The molecule has 2 N–H and O–H groups in total. The van der Waals surface area contributed by atoms with Gasteiger partial charge in [0, 0.05) is 36.0 Å². The van der Waals surface area contributed by atoms with Gasteiger partial charge in [-0.3, -0.25) is 9.78 Å². The fourth-order valence-electron chi connectivity index (χ4n) is 1.82. The minimum atomic E-state index is -0.758.